The van der Waals surface area contributed by atoms with Crippen LogP contribution >= 0.6 is 27.7 Å². The monoisotopic (exact) mass is 443 g/mol. The Bertz CT molecular complexity index is 1110. The van der Waals surface area contributed by atoms with Crippen LogP contribution in [0.1, 0.15) is 16.7 Å². The van der Waals surface area contributed by atoms with Gasteiger partial charge in [0.2, 0.25) is 5.95 Å². The van der Waals surface area contributed by atoms with Crippen molar-refractivity contribution in [2.75, 3.05) is 12.8 Å². The summed E-state index contributed by atoms with van der Waals surface area (Å²) in [5.74, 6) is -0.0425. The number of thioether (sulfide) groups is 1. The van der Waals surface area contributed by atoms with Crippen LogP contribution in [0.4, 0.5) is 10.7 Å². The number of hydrogen-bond acceptors (Lipinski definition) is 6. The zero-order chi connectivity index (χ0) is 19.1. The van der Waals surface area contributed by atoms with Crippen LogP contribution in [-0.4, -0.2) is 38.0 Å². The molecule has 0 saturated carbocycles. The second kappa shape index (κ2) is 6.82. The predicted octanol–water partition coefficient (Wildman–Crippen LogP) is 3.56. The first-order valence-electron chi connectivity index (χ1n) is 8.00. The maximum atomic E-state index is 12.2. The summed E-state index contributed by atoms with van der Waals surface area (Å²) < 4.78 is 0.835. The summed E-state index contributed by atoms with van der Waals surface area (Å²) >= 11 is 4.48. The van der Waals surface area contributed by atoms with Gasteiger partial charge in [0.05, 0.1) is 4.91 Å². The number of nitrogens with zero attached hydrogens (tertiary/aromatic N) is 3. The topological polar surface area (TPSA) is 105 Å². The molecular formula is C18H14BrN5O2S. The van der Waals surface area contributed by atoms with Crippen LogP contribution < -0.4 is 5.73 Å². The third-order valence-corrected chi connectivity index (χ3v) is 5.93. The SMILES string of the molecule is CN1C(=O)S/C(=C\c2cc3c(Cc4cnc(N)nc4)c[nH]c3cc2Br)C1=O. The number of imide groups is 1. The molecule has 0 atom stereocenters. The van der Waals surface area contributed by atoms with Crippen molar-refractivity contribution in [2.45, 2.75) is 6.42 Å². The number of halogens is 1. The predicted molar refractivity (Wildman–Crippen MR) is 109 cm³/mol. The summed E-state index contributed by atoms with van der Waals surface area (Å²) in [6.45, 7) is 0. The molecule has 0 aliphatic carbocycles. The lowest BCUT2D eigenvalue weighted by molar-refractivity contribution is -0.121. The van der Waals surface area contributed by atoms with E-state index in [1.54, 1.807) is 18.5 Å². The molecule has 7 nitrogen and oxygen atoms in total. The van der Waals surface area contributed by atoms with Crippen molar-refractivity contribution in [1.82, 2.24) is 19.9 Å². The number of aromatic amines is 1. The number of anilines is 1. The number of nitrogen functional groups attached to an aromatic ring is 1. The van der Waals surface area contributed by atoms with E-state index in [0.29, 0.717) is 11.3 Å². The van der Waals surface area contributed by atoms with Crippen molar-refractivity contribution in [3.63, 3.8) is 0 Å². The number of carbonyl (C=O) groups excluding carboxylic acids is 2. The molecule has 4 rings (SSSR count). The Morgan fingerprint density at radius 1 is 1.30 bits per heavy atom. The minimum atomic E-state index is -0.287. The van der Waals surface area contributed by atoms with E-state index >= 15 is 0 Å². The van der Waals surface area contributed by atoms with Gasteiger partial charge in [0, 0.05) is 47.4 Å². The molecule has 1 aliphatic heterocycles. The largest absolute Gasteiger partial charge is 0.368 e. The number of nitrogens with one attached hydrogen (secondary N) is 1. The zero-order valence-electron chi connectivity index (χ0n) is 14.2. The number of fused-ring (bicyclic) bond motifs is 1. The van der Waals surface area contributed by atoms with Gasteiger partial charge in [-0.1, -0.05) is 15.9 Å². The van der Waals surface area contributed by atoms with Crippen molar-refractivity contribution in [1.29, 1.82) is 0 Å². The van der Waals surface area contributed by atoms with Gasteiger partial charge in [-0.3, -0.25) is 14.5 Å². The molecule has 3 N–H and O–H groups in total. The molecule has 3 aromatic rings. The highest BCUT2D eigenvalue weighted by Crippen LogP contribution is 2.34. The number of carbonyl (C=O) groups is 2. The second-order valence-electron chi connectivity index (χ2n) is 6.10. The summed E-state index contributed by atoms with van der Waals surface area (Å²) in [6.07, 6.45) is 7.74. The number of hydrogen-bond donors (Lipinski definition) is 2. The molecule has 2 aromatic heterocycles. The van der Waals surface area contributed by atoms with Gasteiger partial charge in [0.15, 0.2) is 0 Å². The maximum absolute atomic E-state index is 12.2. The van der Waals surface area contributed by atoms with E-state index in [2.05, 4.69) is 30.9 Å². The lowest BCUT2D eigenvalue weighted by atomic mass is 10.0. The Kier molecular flexibility index (Phi) is 4.48. The zero-order valence-corrected chi connectivity index (χ0v) is 16.6. The third-order valence-electron chi connectivity index (χ3n) is 4.28. The van der Waals surface area contributed by atoms with Crippen molar-refractivity contribution in [3.05, 3.63) is 56.8 Å². The van der Waals surface area contributed by atoms with Gasteiger partial charge in [-0.05, 0) is 46.7 Å². The number of rotatable bonds is 3. The molecule has 0 bridgehead atoms. The molecule has 0 radical (unpaired) electrons. The van der Waals surface area contributed by atoms with Crippen LogP contribution in [0.15, 0.2) is 40.1 Å². The van der Waals surface area contributed by atoms with Crippen molar-refractivity contribution in [3.8, 4) is 0 Å². The van der Waals surface area contributed by atoms with E-state index in [1.807, 2.05) is 18.3 Å². The number of aromatic nitrogens is 3. The summed E-state index contributed by atoms with van der Waals surface area (Å²) in [4.78, 5) is 36.7. The van der Waals surface area contributed by atoms with Crippen molar-refractivity contribution in [2.24, 2.45) is 0 Å². The molecule has 0 spiro atoms. The number of nitrogens with two attached hydrogens (primary N) is 1. The van der Waals surface area contributed by atoms with E-state index in [1.165, 1.54) is 7.05 Å². The molecular weight excluding hydrogens is 430 g/mol. The van der Waals surface area contributed by atoms with Gasteiger partial charge < -0.3 is 10.7 Å². The highest BCUT2D eigenvalue weighted by atomic mass is 79.9. The first kappa shape index (κ1) is 17.7. The quantitative estimate of drug-likeness (QED) is 0.599. The molecule has 136 valence electrons. The Labute approximate surface area is 167 Å². The molecule has 1 aromatic carbocycles. The highest BCUT2D eigenvalue weighted by molar-refractivity contribution is 9.10. The van der Waals surface area contributed by atoms with Gasteiger partial charge >= 0.3 is 0 Å². The normalized spacial score (nSPS) is 16.1. The molecule has 0 unspecified atom stereocenters. The second-order valence-corrected chi connectivity index (χ2v) is 7.95. The smallest absolute Gasteiger partial charge is 0.293 e. The highest BCUT2D eigenvalue weighted by Gasteiger charge is 2.31. The minimum absolute atomic E-state index is 0.244. The average molecular weight is 444 g/mol. The van der Waals surface area contributed by atoms with Crippen LogP contribution in [-0.2, 0) is 11.2 Å². The maximum Gasteiger partial charge on any atom is 0.293 e. The average Bonchev–Trinajstić information content (AvgIpc) is 3.13. The van der Waals surface area contributed by atoms with Gasteiger partial charge in [0.25, 0.3) is 11.1 Å². The van der Waals surface area contributed by atoms with Crippen molar-refractivity contribution >= 4 is 61.8 Å². The Morgan fingerprint density at radius 2 is 2.04 bits per heavy atom. The molecule has 1 fully saturated rings. The van der Waals surface area contributed by atoms with E-state index in [9.17, 15) is 9.59 Å². The molecule has 2 amide bonds. The molecule has 1 saturated heterocycles. The summed E-state index contributed by atoms with van der Waals surface area (Å²) in [5.41, 5.74) is 9.35. The molecule has 3 heterocycles. The van der Waals surface area contributed by atoms with Crippen LogP contribution in [0, 0.1) is 0 Å². The van der Waals surface area contributed by atoms with Gasteiger partial charge in [-0.2, -0.15) is 0 Å². The van der Waals surface area contributed by atoms with E-state index < -0.39 is 0 Å². The van der Waals surface area contributed by atoms with E-state index in [0.717, 1.165) is 48.7 Å². The third kappa shape index (κ3) is 3.35. The standard InChI is InChI=1S/C18H14BrN5O2S/c1-24-16(25)15(27-18(24)26)4-10-3-12-11(8-21-14(12)5-13(10)19)2-9-6-22-17(20)23-7-9/h3-8,21H,2H2,1H3,(H2,20,22,23)/b15-4-. The first-order valence-corrected chi connectivity index (χ1v) is 9.61. The van der Waals surface area contributed by atoms with Crippen LogP contribution in [0.2, 0.25) is 0 Å². The van der Waals surface area contributed by atoms with Crippen LogP contribution in [0.25, 0.3) is 17.0 Å². The molecule has 9 heteroatoms. The summed E-state index contributed by atoms with van der Waals surface area (Å²) in [7, 11) is 1.48. The van der Waals surface area contributed by atoms with Gasteiger partial charge in [-0.15, -0.1) is 0 Å². The number of likely N-dealkylation sites (N-methyl/N-ethyl adjacent to an activating group) is 1. The Hall–Kier alpha value is -2.65. The van der Waals surface area contributed by atoms with Crippen LogP contribution in [0.5, 0.6) is 0 Å². The van der Waals surface area contributed by atoms with E-state index in [-0.39, 0.29) is 17.1 Å². The Balaban J connectivity index is 1.73. The van der Waals surface area contributed by atoms with E-state index in [4.69, 9.17) is 5.73 Å². The fourth-order valence-corrected chi connectivity index (χ4v) is 4.11. The Morgan fingerprint density at radius 3 is 2.70 bits per heavy atom. The lowest BCUT2D eigenvalue weighted by Gasteiger charge is -2.04. The van der Waals surface area contributed by atoms with Crippen molar-refractivity contribution < 1.29 is 9.59 Å². The summed E-state index contributed by atoms with van der Waals surface area (Å²) in [5, 5.41) is 0.756. The van der Waals surface area contributed by atoms with Crippen LogP contribution in [0.3, 0.4) is 0 Å². The molecule has 1 aliphatic rings. The summed E-state index contributed by atoms with van der Waals surface area (Å²) in [6, 6.07) is 3.95. The lowest BCUT2D eigenvalue weighted by Crippen LogP contribution is -2.22. The molecule has 27 heavy (non-hydrogen) atoms. The first-order chi connectivity index (χ1) is 12.9. The fourth-order valence-electron chi connectivity index (χ4n) is 2.84. The van der Waals surface area contributed by atoms with Gasteiger partial charge in [0.1, 0.15) is 0 Å². The number of H-pyrrole nitrogens is 1. The minimum Gasteiger partial charge on any atom is -0.368 e. The number of amides is 2. The van der Waals surface area contributed by atoms with Gasteiger partial charge in [-0.25, -0.2) is 9.97 Å². The number of benzene rings is 1. The fraction of sp³-hybridized carbons (Fsp3) is 0.111.